The highest BCUT2D eigenvalue weighted by Crippen LogP contribution is 2.09. The summed E-state index contributed by atoms with van der Waals surface area (Å²) in [7, 11) is 0. The van der Waals surface area contributed by atoms with Crippen LogP contribution in [0.3, 0.4) is 0 Å². The molecule has 0 spiro atoms. The molecule has 0 radical (unpaired) electrons. The molecule has 2 aromatic rings. The number of hydrogen-bond acceptors (Lipinski definition) is 5. The van der Waals surface area contributed by atoms with Crippen molar-refractivity contribution in [1.82, 2.24) is 20.6 Å². The lowest BCUT2D eigenvalue weighted by molar-refractivity contribution is -0.116. The highest BCUT2D eigenvalue weighted by molar-refractivity contribution is 5.90. The number of amides is 1. The molecule has 1 amide bonds. The highest BCUT2D eigenvalue weighted by atomic mass is 16.4. The van der Waals surface area contributed by atoms with Crippen LogP contribution in [0, 0.1) is 20.8 Å². The van der Waals surface area contributed by atoms with Crippen LogP contribution in [0.15, 0.2) is 27.7 Å². The summed E-state index contributed by atoms with van der Waals surface area (Å²) in [6, 6.07) is 3.69. The molecule has 3 N–H and O–H groups in total. The van der Waals surface area contributed by atoms with E-state index in [1.54, 1.807) is 12.3 Å². The van der Waals surface area contributed by atoms with Crippen LogP contribution < -0.4 is 16.0 Å². The Morgan fingerprint density at radius 3 is 2.65 bits per heavy atom. The van der Waals surface area contributed by atoms with Crippen molar-refractivity contribution >= 4 is 17.7 Å². The Morgan fingerprint density at radius 2 is 2.04 bits per heavy atom. The first-order valence-electron chi connectivity index (χ1n) is 8.65. The lowest BCUT2D eigenvalue weighted by Crippen LogP contribution is -2.38. The molecule has 0 unspecified atom stereocenters. The van der Waals surface area contributed by atoms with Gasteiger partial charge in [0.1, 0.15) is 18.1 Å². The zero-order valence-corrected chi connectivity index (χ0v) is 15.7. The van der Waals surface area contributed by atoms with Gasteiger partial charge in [-0.25, -0.2) is 15.0 Å². The number of carbonyl (C=O) groups is 1. The van der Waals surface area contributed by atoms with E-state index in [0.29, 0.717) is 37.2 Å². The second-order valence-corrected chi connectivity index (χ2v) is 5.89. The Morgan fingerprint density at radius 1 is 1.23 bits per heavy atom. The number of aryl methyl sites for hydroxylation is 3. The van der Waals surface area contributed by atoms with Crippen LogP contribution in [-0.4, -0.2) is 34.9 Å². The number of nitrogens with zero attached hydrogens (tertiary/aromatic N) is 3. The topological polar surface area (TPSA) is 104 Å². The molecule has 2 rings (SSSR count). The second-order valence-electron chi connectivity index (χ2n) is 5.89. The molecule has 2 aromatic heterocycles. The number of hydrogen-bond donors (Lipinski definition) is 3. The van der Waals surface area contributed by atoms with Crippen LogP contribution in [0.4, 0.5) is 5.82 Å². The van der Waals surface area contributed by atoms with Crippen LogP contribution in [-0.2, 0) is 11.3 Å². The van der Waals surface area contributed by atoms with Crippen molar-refractivity contribution < 1.29 is 9.21 Å². The fraction of sp³-hybridized carbons (Fsp3) is 0.444. The van der Waals surface area contributed by atoms with Crippen molar-refractivity contribution in [2.24, 2.45) is 4.99 Å². The monoisotopic (exact) mass is 358 g/mol. The SMILES string of the molecule is CCNC(=NCc1nc(C)c(C)o1)NCCC(=O)Nc1ccc(C)cn1. The number of carbonyl (C=O) groups excluding carboxylic acids is 1. The third-order valence-corrected chi connectivity index (χ3v) is 3.61. The van der Waals surface area contributed by atoms with Crippen molar-refractivity contribution in [1.29, 1.82) is 0 Å². The number of anilines is 1. The molecule has 0 saturated carbocycles. The van der Waals surface area contributed by atoms with Crippen molar-refractivity contribution in [3.63, 3.8) is 0 Å². The Labute approximate surface area is 153 Å². The van der Waals surface area contributed by atoms with E-state index < -0.39 is 0 Å². The number of aliphatic imine (C=N–C) groups is 1. The molecule has 0 aliphatic heterocycles. The largest absolute Gasteiger partial charge is 0.444 e. The Balaban J connectivity index is 1.80. The third-order valence-electron chi connectivity index (χ3n) is 3.61. The molecule has 0 bridgehead atoms. The fourth-order valence-electron chi connectivity index (χ4n) is 2.14. The summed E-state index contributed by atoms with van der Waals surface area (Å²) in [4.78, 5) is 24.9. The maximum Gasteiger partial charge on any atom is 0.227 e. The molecule has 0 aromatic carbocycles. The number of nitrogens with one attached hydrogen (secondary N) is 3. The van der Waals surface area contributed by atoms with E-state index in [1.807, 2.05) is 33.8 Å². The van der Waals surface area contributed by atoms with Crippen LogP contribution in [0.25, 0.3) is 0 Å². The standard InChI is InChI=1S/C18H26N6O2/c1-5-19-18(22-11-17-23-13(3)14(4)26-17)20-9-8-16(25)24-15-7-6-12(2)10-21-15/h6-7,10H,5,8-9,11H2,1-4H3,(H2,19,20,22)(H,21,24,25). The molecule has 0 fully saturated rings. The average molecular weight is 358 g/mol. The van der Waals surface area contributed by atoms with Crippen LogP contribution in [0.2, 0.25) is 0 Å². The molecule has 8 nitrogen and oxygen atoms in total. The van der Waals surface area contributed by atoms with E-state index in [-0.39, 0.29) is 5.91 Å². The van der Waals surface area contributed by atoms with Crippen molar-refractivity contribution in [2.75, 3.05) is 18.4 Å². The van der Waals surface area contributed by atoms with Gasteiger partial charge in [-0.1, -0.05) is 6.07 Å². The zero-order chi connectivity index (χ0) is 18.9. The lowest BCUT2D eigenvalue weighted by atomic mass is 10.3. The predicted molar refractivity (Wildman–Crippen MR) is 101 cm³/mol. The molecule has 0 saturated heterocycles. The third kappa shape index (κ3) is 6.19. The minimum atomic E-state index is -0.108. The van der Waals surface area contributed by atoms with Gasteiger partial charge in [0.25, 0.3) is 0 Å². The van der Waals surface area contributed by atoms with Crippen molar-refractivity contribution in [2.45, 2.75) is 40.7 Å². The summed E-state index contributed by atoms with van der Waals surface area (Å²) < 4.78 is 5.52. The molecule has 2 heterocycles. The quantitative estimate of drug-likeness (QED) is 0.517. The summed E-state index contributed by atoms with van der Waals surface area (Å²) in [6.07, 6.45) is 2.02. The second kappa shape index (κ2) is 9.55. The van der Waals surface area contributed by atoms with Gasteiger partial charge >= 0.3 is 0 Å². The molecular formula is C18H26N6O2. The van der Waals surface area contributed by atoms with Gasteiger partial charge in [-0.15, -0.1) is 0 Å². The molecule has 0 atom stereocenters. The number of aromatic nitrogens is 2. The van der Waals surface area contributed by atoms with Crippen LogP contribution in [0.5, 0.6) is 0 Å². The summed E-state index contributed by atoms with van der Waals surface area (Å²) >= 11 is 0. The Kier molecular flexibility index (Phi) is 7.13. The van der Waals surface area contributed by atoms with Crippen LogP contribution in [0.1, 0.15) is 36.3 Å². The molecular weight excluding hydrogens is 332 g/mol. The number of rotatable bonds is 7. The first-order valence-corrected chi connectivity index (χ1v) is 8.65. The van der Waals surface area contributed by atoms with Gasteiger partial charge in [0.05, 0.1) is 5.69 Å². The average Bonchev–Trinajstić information content (AvgIpc) is 2.93. The van der Waals surface area contributed by atoms with E-state index in [0.717, 1.165) is 23.6 Å². The predicted octanol–water partition coefficient (Wildman–Crippen LogP) is 2.08. The van der Waals surface area contributed by atoms with E-state index in [2.05, 4.69) is 30.9 Å². The van der Waals surface area contributed by atoms with Gasteiger partial charge in [-0.05, 0) is 39.3 Å². The Bertz CT molecular complexity index is 732. The first kappa shape index (κ1) is 19.4. The summed E-state index contributed by atoms with van der Waals surface area (Å²) in [6.45, 7) is 9.21. The summed E-state index contributed by atoms with van der Waals surface area (Å²) in [5.41, 5.74) is 1.92. The minimum absolute atomic E-state index is 0.108. The maximum atomic E-state index is 12.0. The fourth-order valence-corrected chi connectivity index (χ4v) is 2.14. The van der Waals surface area contributed by atoms with Gasteiger partial charge in [-0.3, -0.25) is 4.79 Å². The molecule has 0 aliphatic rings. The molecule has 0 aliphatic carbocycles. The number of oxazole rings is 1. The number of guanidine groups is 1. The van der Waals surface area contributed by atoms with E-state index in [9.17, 15) is 4.79 Å². The lowest BCUT2D eigenvalue weighted by Gasteiger charge is -2.11. The first-order chi connectivity index (χ1) is 12.5. The molecule has 8 heteroatoms. The smallest absolute Gasteiger partial charge is 0.227 e. The minimum Gasteiger partial charge on any atom is -0.444 e. The number of pyridine rings is 1. The van der Waals surface area contributed by atoms with E-state index in [4.69, 9.17) is 4.42 Å². The summed E-state index contributed by atoms with van der Waals surface area (Å²) in [5, 5.41) is 9.02. The normalized spacial score (nSPS) is 11.3. The summed E-state index contributed by atoms with van der Waals surface area (Å²) in [5.74, 6) is 2.43. The zero-order valence-electron chi connectivity index (χ0n) is 15.7. The van der Waals surface area contributed by atoms with Gasteiger partial charge in [-0.2, -0.15) is 0 Å². The van der Waals surface area contributed by atoms with Gasteiger partial charge in [0.2, 0.25) is 11.8 Å². The molecule has 26 heavy (non-hydrogen) atoms. The van der Waals surface area contributed by atoms with E-state index in [1.165, 1.54) is 0 Å². The van der Waals surface area contributed by atoms with Crippen LogP contribution >= 0.6 is 0 Å². The van der Waals surface area contributed by atoms with Crippen molar-refractivity contribution in [3.8, 4) is 0 Å². The van der Waals surface area contributed by atoms with Gasteiger partial charge < -0.3 is 20.4 Å². The van der Waals surface area contributed by atoms with Gasteiger partial charge in [0.15, 0.2) is 5.96 Å². The maximum absolute atomic E-state index is 12.0. The van der Waals surface area contributed by atoms with Gasteiger partial charge in [0, 0.05) is 25.7 Å². The highest BCUT2D eigenvalue weighted by Gasteiger charge is 2.07. The van der Waals surface area contributed by atoms with E-state index >= 15 is 0 Å². The molecule has 140 valence electrons. The van der Waals surface area contributed by atoms with Crippen molar-refractivity contribution in [3.05, 3.63) is 41.2 Å². The Hall–Kier alpha value is -2.90.